The molecule has 2 aliphatic heterocycles. The molecule has 2 aromatic rings. The summed E-state index contributed by atoms with van der Waals surface area (Å²) in [7, 11) is 1.94. The molecule has 7 heteroatoms. The largest absolute Gasteiger partial charge is 0.328 e. The van der Waals surface area contributed by atoms with E-state index in [4.69, 9.17) is 5.73 Å². The SMILES string of the molecule is Cn1nc(C2CCC(=O)NC2=O)c2ccc(C3CCN(CC4CCC(N)CC4)CC3)cc21. The molecule has 1 aliphatic carbocycles. The minimum absolute atomic E-state index is 0.188. The first-order valence-corrected chi connectivity index (χ1v) is 12.3. The Kier molecular flexibility index (Phi) is 6.03. The molecular formula is C25H35N5O2. The minimum atomic E-state index is -0.347. The number of rotatable bonds is 4. The molecule has 3 aliphatic rings. The highest BCUT2D eigenvalue weighted by Crippen LogP contribution is 2.35. The van der Waals surface area contributed by atoms with E-state index in [1.165, 1.54) is 50.6 Å². The molecule has 3 N–H and O–H groups in total. The number of imide groups is 1. The van der Waals surface area contributed by atoms with Crippen molar-refractivity contribution < 1.29 is 9.59 Å². The summed E-state index contributed by atoms with van der Waals surface area (Å²) in [5.74, 6) is 0.636. The highest BCUT2D eigenvalue weighted by molar-refractivity contribution is 6.02. The van der Waals surface area contributed by atoms with Gasteiger partial charge in [-0.3, -0.25) is 19.6 Å². The van der Waals surface area contributed by atoms with Crippen molar-refractivity contribution in [2.45, 2.75) is 69.2 Å². The van der Waals surface area contributed by atoms with E-state index in [2.05, 4.69) is 33.5 Å². The lowest BCUT2D eigenvalue weighted by atomic mass is 9.84. The summed E-state index contributed by atoms with van der Waals surface area (Å²) in [6.45, 7) is 3.56. The van der Waals surface area contributed by atoms with Crippen LogP contribution in [0.4, 0.5) is 0 Å². The Morgan fingerprint density at radius 3 is 2.53 bits per heavy atom. The Morgan fingerprint density at radius 2 is 1.81 bits per heavy atom. The van der Waals surface area contributed by atoms with Crippen LogP contribution in [-0.4, -0.2) is 52.2 Å². The van der Waals surface area contributed by atoms with Crippen molar-refractivity contribution in [1.29, 1.82) is 0 Å². The number of carbonyl (C=O) groups excluding carboxylic acids is 2. The highest BCUT2D eigenvalue weighted by atomic mass is 16.2. The fraction of sp³-hybridized carbons (Fsp3) is 0.640. The number of amides is 2. The fourth-order valence-electron chi connectivity index (χ4n) is 5.95. The molecule has 1 aromatic heterocycles. The van der Waals surface area contributed by atoms with Gasteiger partial charge in [0, 0.05) is 31.4 Å². The van der Waals surface area contributed by atoms with E-state index in [9.17, 15) is 9.59 Å². The summed E-state index contributed by atoms with van der Waals surface area (Å²) in [5, 5.41) is 8.17. The summed E-state index contributed by atoms with van der Waals surface area (Å²) < 4.78 is 1.89. The number of piperidine rings is 2. The number of hydrogen-bond acceptors (Lipinski definition) is 5. The lowest BCUT2D eigenvalue weighted by Crippen LogP contribution is -2.39. The predicted octanol–water partition coefficient (Wildman–Crippen LogP) is 2.79. The van der Waals surface area contributed by atoms with Crippen LogP contribution in [0, 0.1) is 5.92 Å². The Balaban J connectivity index is 1.25. The summed E-state index contributed by atoms with van der Waals surface area (Å²) in [6.07, 6.45) is 8.23. The second kappa shape index (κ2) is 8.94. The number of nitrogens with two attached hydrogens (primary N) is 1. The Morgan fingerprint density at radius 1 is 1.06 bits per heavy atom. The van der Waals surface area contributed by atoms with Crippen LogP contribution in [0.3, 0.4) is 0 Å². The molecule has 2 saturated heterocycles. The number of fused-ring (bicyclic) bond motifs is 1. The van der Waals surface area contributed by atoms with Gasteiger partial charge in [-0.05, 0) is 81.5 Å². The molecule has 0 bridgehead atoms. The maximum absolute atomic E-state index is 12.4. The van der Waals surface area contributed by atoms with Gasteiger partial charge in [0.15, 0.2) is 0 Å². The Bertz CT molecular complexity index is 999. The number of nitrogens with zero attached hydrogens (tertiary/aromatic N) is 3. The van der Waals surface area contributed by atoms with Gasteiger partial charge < -0.3 is 10.6 Å². The molecule has 32 heavy (non-hydrogen) atoms. The number of hydrogen-bond donors (Lipinski definition) is 2. The van der Waals surface area contributed by atoms with Crippen molar-refractivity contribution in [3.8, 4) is 0 Å². The topological polar surface area (TPSA) is 93.2 Å². The number of aromatic nitrogens is 2. The van der Waals surface area contributed by atoms with Gasteiger partial charge in [-0.25, -0.2) is 0 Å². The third-order valence-electron chi connectivity index (χ3n) is 7.94. The van der Waals surface area contributed by atoms with E-state index >= 15 is 0 Å². The molecule has 172 valence electrons. The van der Waals surface area contributed by atoms with Crippen molar-refractivity contribution in [1.82, 2.24) is 20.0 Å². The van der Waals surface area contributed by atoms with Gasteiger partial charge in [0.2, 0.25) is 11.8 Å². The molecule has 1 unspecified atom stereocenters. The summed E-state index contributed by atoms with van der Waals surface area (Å²) in [6, 6.07) is 7.05. The number of aryl methyl sites for hydroxylation is 1. The lowest BCUT2D eigenvalue weighted by Gasteiger charge is -2.36. The summed E-state index contributed by atoms with van der Waals surface area (Å²) in [5.41, 5.74) is 9.30. The Labute approximate surface area is 189 Å². The zero-order valence-corrected chi connectivity index (χ0v) is 19.1. The van der Waals surface area contributed by atoms with Crippen LogP contribution in [0.1, 0.15) is 74.5 Å². The van der Waals surface area contributed by atoms with E-state index in [0.717, 1.165) is 35.6 Å². The summed E-state index contributed by atoms with van der Waals surface area (Å²) in [4.78, 5) is 26.5. The maximum atomic E-state index is 12.4. The standard InChI is InChI=1S/C25H35N5O2/c1-29-22-14-18(4-7-20(22)24(28-29)21-8-9-23(31)27-25(21)32)17-10-12-30(13-11-17)15-16-2-5-19(26)6-3-16/h4,7,14,16-17,19,21H,2-3,5-6,8-13,15,26H2,1H3,(H,27,31,32). The molecule has 0 radical (unpaired) electrons. The molecule has 7 nitrogen and oxygen atoms in total. The quantitative estimate of drug-likeness (QED) is 0.718. The van der Waals surface area contributed by atoms with Crippen molar-refractivity contribution >= 4 is 22.7 Å². The number of likely N-dealkylation sites (tertiary alicyclic amines) is 1. The zero-order chi connectivity index (χ0) is 22.2. The van der Waals surface area contributed by atoms with Gasteiger partial charge in [0.05, 0.1) is 17.1 Å². The van der Waals surface area contributed by atoms with Crippen LogP contribution >= 0.6 is 0 Å². The highest BCUT2D eigenvalue weighted by Gasteiger charge is 2.32. The van der Waals surface area contributed by atoms with Gasteiger partial charge in [-0.1, -0.05) is 12.1 Å². The molecule has 1 aromatic carbocycles. The number of benzene rings is 1. The fourth-order valence-corrected chi connectivity index (χ4v) is 5.95. The van der Waals surface area contributed by atoms with Crippen molar-refractivity contribution in [3.05, 3.63) is 29.5 Å². The average Bonchev–Trinajstić information content (AvgIpc) is 3.11. The molecule has 2 amide bonds. The number of nitrogens with one attached hydrogen (secondary N) is 1. The van der Waals surface area contributed by atoms with Crippen LogP contribution in [0.2, 0.25) is 0 Å². The number of carbonyl (C=O) groups is 2. The van der Waals surface area contributed by atoms with Gasteiger partial charge >= 0.3 is 0 Å². The van der Waals surface area contributed by atoms with Crippen LogP contribution in [0.15, 0.2) is 18.2 Å². The first-order valence-electron chi connectivity index (χ1n) is 12.3. The molecule has 3 heterocycles. The second-order valence-corrected chi connectivity index (χ2v) is 10.1. The second-order valence-electron chi connectivity index (χ2n) is 10.1. The Hall–Kier alpha value is -2.25. The first kappa shape index (κ1) is 21.6. The maximum Gasteiger partial charge on any atom is 0.235 e. The minimum Gasteiger partial charge on any atom is -0.328 e. The smallest absolute Gasteiger partial charge is 0.235 e. The van der Waals surface area contributed by atoms with Gasteiger partial charge in [0.25, 0.3) is 0 Å². The average molecular weight is 438 g/mol. The monoisotopic (exact) mass is 437 g/mol. The lowest BCUT2D eigenvalue weighted by molar-refractivity contribution is -0.134. The third kappa shape index (κ3) is 4.33. The molecule has 1 atom stereocenters. The zero-order valence-electron chi connectivity index (χ0n) is 19.1. The molecule has 3 fully saturated rings. The van der Waals surface area contributed by atoms with Crippen LogP contribution in [-0.2, 0) is 16.6 Å². The summed E-state index contributed by atoms with van der Waals surface area (Å²) >= 11 is 0. The van der Waals surface area contributed by atoms with Crippen molar-refractivity contribution in [2.24, 2.45) is 18.7 Å². The third-order valence-corrected chi connectivity index (χ3v) is 7.94. The van der Waals surface area contributed by atoms with Crippen LogP contribution < -0.4 is 11.1 Å². The van der Waals surface area contributed by atoms with E-state index in [1.807, 2.05) is 11.7 Å². The molecular weight excluding hydrogens is 402 g/mol. The van der Waals surface area contributed by atoms with E-state index in [-0.39, 0.29) is 17.7 Å². The molecule has 0 spiro atoms. The molecule has 5 rings (SSSR count). The van der Waals surface area contributed by atoms with E-state index in [1.54, 1.807) is 0 Å². The van der Waals surface area contributed by atoms with E-state index < -0.39 is 0 Å². The van der Waals surface area contributed by atoms with Crippen molar-refractivity contribution in [2.75, 3.05) is 19.6 Å². The molecule has 1 saturated carbocycles. The van der Waals surface area contributed by atoms with Crippen LogP contribution in [0.5, 0.6) is 0 Å². The predicted molar refractivity (Wildman–Crippen MR) is 124 cm³/mol. The first-order chi connectivity index (χ1) is 15.5. The van der Waals surface area contributed by atoms with E-state index in [0.29, 0.717) is 24.8 Å². The van der Waals surface area contributed by atoms with Crippen LogP contribution in [0.25, 0.3) is 10.9 Å². The normalized spacial score (nSPS) is 28.2. The van der Waals surface area contributed by atoms with Gasteiger partial charge in [-0.15, -0.1) is 0 Å². The van der Waals surface area contributed by atoms with Gasteiger partial charge in [-0.2, -0.15) is 5.10 Å². The van der Waals surface area contributed by atoms with Crippen molar-refractivity contribution in [3.63, 3.8) is 0 Å². The van der Waals surface area contributed by atoms with Gasteiger partial charge in [0.1, 0.15) is 0 Å².